The van der Waals surface area contributed by atoms with Crippen LogP contribution in [0.25, 0.3) is 5.52 Å². The van der Waals surface area contributed by atoms with E-state index in [-0.39, 0.29) is 11.5 Å². The zero-order valence-corrected chi connectivity index (χ0v) is 25.4. The van der Waals surface area contributed by atoms with Crippen molar-refractivity contribution < 1.29 is 52.0 Å². The summed E-state index contributed by atoms with van der Waals surface area (Å²) in [6.45, 7) is 3.80. The summed E-state index contributed by atoms with van der Waals surface area (Å²) in [6, 6.07) is 2.34. The third-order valence-corrected chi connectivity index (χ3v) is 7.92. The van der Waals surface area contributed by atoms with Crippen LogP contribution in [-0.4, -0.2) is 90.2 Å². The van der Waals surface area contributed by atoms with Crippen LogP contribution < -0.4 is 15.9 Å². The maximum absolute atomic E-state index is 13.9. The lowest BCUT2D eigenvalue weighted by atomic mass is 9.92. The van der Waals surface area contributed by atoms with Crippen LogP contribution in [0.4, 0.5) is 5.82 Å². The van der Waals surface area contributed by atoms with E-state index < -0.39 is 68.0 Å². The van der Waals surface area contributed by atoms with E-state index in [2.05, 4.69) is 29.7 Å². The van der Waals surface area contributed by atoms with Gasteiger partial charge in [0.1, 0.15) is 36.6 Å². The number of methoxy groups -OCH3 is 3. The molecule has 0 fully saturated rings. The van der Waals surface area contributed by atoms with Crippen molar-refractivity contribution in [1.82, 2.24) is 24.8 Å². The first-order valence-corrected chi connectivity index (χ1v) is 14.1. The van der Waals surface area contributed by atoms with Crippen LogP contribution in [0.1, 0.15) is 39.5 Å². The molecular formula is C24H34N7O11P. The first kappa shape index (κ1) is 35.1. The molecule has 0 saturated heterocycles. The molecule has 0 radical (unpaired) electrons. The average molecular weight is 628 g/mol. The van der Waals surface area contributed by atoms with Gasteiger partial charge in [-0.3, -0.25) is 23.7 Å². The summed E-state index contributed by atoms with van der Waals surface area (Å²) in [5.41, 5.74) is 4.00. The number of nitrogens with zero attached hydrogens (tertiary/aromatic N) is 4. The van der Waals surface area contributed by atoms with E-state index in [1.54, 1.807) is 0 Å². The molecular weight excluding hydrogens is 593 g/mol. The minimum absolute atomic E-state index is 0.0750. The summed E-state index contributed by atoms with van der Waals surface area (Å²) in [4.78, 5) is 52.6. The molecule has 2 aromatic heterocycles. The topological polar surface area (TPSA) is 245 Å². The molecule has 0 amide bonds. The molecule has 0 aliphatic rings. The Morgan fingerprint density at radius 2 is 1.60 bits per heavy atom. The van der Waals surface area contributed by atoms with Gasteiger partial charge in [0.05, 0.1) is 19.9 Å². The van der Waals surface area contributed by atoms with Gasteiger partial charge in [0.25, 0.3) is 0 Å². The monoisotopic (exact) mass is 627 g/mol. The van der Waals surface area contributed by atoms with Gasteiger partial charge in [0.15, 0.2) is 18.0 Å². The number of nitrogens with two attached hydrogens (primary N) is 1. The third kappa shape index (κ3) is 8.46. The molecule has 5 atom stereocenters. The molecule has 236 valence electrons. The fraction of sp³-hybridized carbons (Fsp3) is 0.542. The molecule has 2 heterocycles. The fourth-order valence-corrected chi connectivity index (χ4v) is 5.72. The summed E-state index contributed by atoms with van der Waals surface area (Å²) >= 11 is 0. The zero-order chi connectivity index (χ0) is 32.5. The van der Waals surface area contributed by atoms with Gasteiger partial charge >= 0.3 is 31.5 Å². The SMILES string of the molecule is COC(=O)[C@H](C)NP(=O)(N[C@@H](C)C(=O)OC)OC[C@@](C#N)(OC)[C@@H](OC(C)=O)[C@@H](OC(C)=O)c1ccc2c(N)ncnn12. The number of fused-ring (bicyclic) bond motifs is 1. The summed E-state index contributed by atoms with van der Waals surface area (Å²) in [6.07, 6.45) is -2.21. The molecule has 0 aromatic carbocycles. The number of nitrogen functional groups attached to an aromatic ring is 1. The van der Waals surface area contributed by atoms with Gasteiger partial charge in [-0.25, -0.2) is 19.7 Å². The van der Waals surface area contributed by atoms with Crippen LogP contribution in [-0.2, 0) is 52.0 Å². The molecule has 0 aliphatic carbocycles. The van der Waals surface area contributed by atoms with E-state index in [0.29, 0.717) is 5.52 Å². The second-order valence-corrected chi connectivity index (χ2v) is 10.9. The molecule has 4 N–H and O–H groups in total. The van der Waals surface area contributed by atoms with Gasteiger partial charge in [-0.1, -0.05) is 0 Å². The molecule has 0 saturated carbocycles. The van der Waals surface area contributed by atoms with Crippen LogP contribution in [0.15, 0.2) is 18.5 Å². The Morgan fingerprint density at radius 3 is 2.07 bits per heavy atom. The molecule has 0 bridgehead atoms. The van der Waals surface area contributed by atoms with Crippen molar-refractivity contribution in [2.75, 3.05) is 33.7 Å². The van der Waals surface area contributed by atoms with Crippen molar-refractivity contribution in [3.63, 3.8) is 0 Å². The number of hydrogen-bond acceptors (Lipinski definition) is 15. The van der Waals surface area contributed by atoms with E-state index in [1.807, 2.05) is 6.07 Å². The predicted octanol–water partition coefficient (Wildman–Crippen LogP) is 0.183. The van der Waals surface area contributed by atoms with Crippen molar-refractivity contribution in [2.45, 2.75) is 57.6 Å². The highest BCUT2D eigenvalue weighted by Crippen LogP contribution is 2.43. The lowest BCUT2D eigenvalue weighted by Gasteiger charge is -2.37. The predicted molar refractivity (Wildman–Crippen MR) is 146 cm³/mol. The van der Waals surface area contributed by atoms with Gasteiger partial charge in [0.2, 0.25) is 5.60 Å². The van der Waals surface area contributed by atoms with Gasteiger partial charge in [0, 0.05) is 21.0 Å². The fourth-order valence-electron chi connectivity index (χ4n) is 3.89. The number of ether oxygens (including phenoxy) is 5. The lowest BCUT2D eigenvalue weighted by molar-refractivity contribution is -0.191. The number of carbonyl (C=O) groups is 4. The van der Waals surface area contributed by atoms with Gasteiger partial charge in [-0.05, 0) is 26.0 Å². The van der Waals surface area contributed by atoms with Gasteiger partial charge in [-0.2, -0.15) is 10.4 Å². The molecule has 0 spiro atoms. The largest absolute Gasteiger partial charge is 0.468 e. The van der Waals surface area contributed by atoms with Gasteiger partial charge < -0.3 is 33.9 Å². The zero-order valence-electron chi connectivity index (χ0n) is 24.6. The van der Waals surface area contributed by atoms with Crippen molar-refractivity contribution >= 4 is 42.9 Å². The normalized spacial score (nSPS) is 15.7. The van der Waals surface area contributed by atoms with E-state index in [9.17, 15) is 29.0 Å². The maximum atomic E-state index is 13.9. The summed E-state index contributed by atoms with van der Waals surface area (Å²) in [5, 5.41) is 19.3. The number of esters is 4. The van der Waals surface area contributed by atoms with Crippen molar-refractivity contribution in [3.05, 3.63) is 24.2 Å². The molecule has 2 aromatic rings. The van der Waals surface area contributed by atoms with Crippen molar-refractivity contribution in [1.29, 1.82) is 5.26 Å². The molecule has 43 heavy (non-hydrogen) atoms. The standard InChI is InChI=1S/C24H34N7O11P/c1-13(22(34)37-5)29-43(36,30-14(2)23(35)38-6)40-11-24(10-25,39-7)20(42-16(4)33)19(41-15(3)32)17-8-9-18-21(26)27-12-28-31(17)18/h8-9,12-14,19-20H,11H2,1-7H3,(H2,26,27,28)(H2,29,30,36)/t13-,14-,19-,20-,24+/m0/s1. The number of anilines is 1. The molecule has 0 unspecified atom stereocenters. The Balaban J connectivity index is 2.65. The number of nitrogens with one attached hydrogen (secondary N) is 2. The Labute approximate surface area is 246 Å². The van der Waals surface area contributed by atoms with E-state index in [0.717, 1.165) is 41.5 Å². The molecule has 19 heteroatoms. The Bertz CT molecular complexity index is 1400. The number of aromatic nitrogens is 3. The minimum atomic E-state index is -4.45. The summed E-state index contributed by atoms with van der Waals surface area (Å²) < 4.78 is 46.7. The van der Waals surface area contributed by atoms with Gasteiger partial charge in [-0.15, -0.1) is 0 Å². The Morgan fingerprint density at radius 1 is 1.05 bits per heavy atom. The quantitative estimate of drug-likeness (QED) is 0.135. The second-order valence-electron chi connectivity index (χ2n) is 9.04. The number of nitriles is 1. The van der Waals surface area contributed by atoms with Crippen LogP contribution in [0, 0.1) is 11.3 Å². The highest BCUT2D eigenvalue weighted by Gasteiger charge is 2.52. The number of hydrogen-bond donors (Lipinski definition) is 3. The van der Waals surface area contributed by atoms with Crippen LogP contribution in [0.3, 0.4) is 0 Å². The first-order chi connectivity index (χ1) is 20.2. The maximum Gasteiger partial charge on any atom is 0.342 e. The number of carbonyl (C=O) groups excluding carboxylic acids is 4. The second kappa shape index (κ2) is 14.8. The van der Waals surface area contributed by atoms with Crippen molar-refractivity contribution in [3.8, 4) is 6.07 Å². The number of rotatable bonds is 15. The van der Waals surface area contributed by atoms with E-state index >= 15 is 0 Å². The van der Waals surface area contributed by atoms with Crippen LogP contribution in [0.5, 0.6) is 0 Å². The van der Waals surface area contributed by atoms with E-state index in [4.69, 9.17) is 24.5 Å². The highest BCUT2D eigenvalue weighted by atomic mass is 31.2. The molecule has 18 nitrogen and oxygen atoms in total. The minimum Gasteiger partial charge on any atom is -0.468 e. The lowest BCUT2D eigenvalue weighted by Crippen LogP contribution is -2.53. The van der Waals surface area contributed by atoms with E-state index in [1.165, 1.54) is 30.5 Å². The Kier molecular flexibility index (Phi) is 12.1. The molecule has 0 aliphatic heterocycles. The Hall–Kier alpha value is -4.14. The summed E-state index contributed by atoms with van der Waals surface area (Å²) in [7, 11) is -1.17. The molecule has 2 rings (SSSR count). The third-order valence-electron chi connectivity index (χ3n) is 5.97. The summed E-state index contributed by atoms with van der Waals surface area (Å²) in [5.74, 6) is -3.33. The van der Waals surface area contributed by atoms with Crippen LogP contribution >= 0.6 is 7.67 Å². The van der Waals surface area contributed by atoms with Crippen molar-refractivity contribution in [2.24, 2.45) is 0 Å². The smallest absolute Gasteiger partial charge is 0.342 e. The first-order valence-electron chi connectivity index (χ1n) is 12.5. The highest BCUT2D eigenvalue weighted by molar-refractivity contribution is 7.54. The van der Waals surface area contributed by atoms with Crippen LogP contribution in [0.2, 0.25) is 0 Å². The average Bonchev–Trinajstić information content (AvgIpc) is 3.40.